The second-order valence-corrected chi connectivity index (χ2v) is 8.06. The number of hydrogen-bond donors (Lipinski definition) is 2. The van der Waals surface area contributed by atoms with Gasteiger partial charge in [-0.1, -0.05) is 18.5 Å². The molecule has 29 heavy (non-hydrogen) atoms. The van der Waals surface area contributed by atoms with Crippen molar-refractivity contribution >= 4 is 33.2 Å². The van der Waals surface area contributed by atoms with Crippen LogP contribution in [0.5, 0.6) is 0 Å². The Morgan fingerprint density at radius 2 is 1.90 bits per heavy atom. The van der Waals surface area contributed by atoms with Crippen molar-refractivity contribution in [1.82, 2.24) is 9.29 Å². The van der Waals surface area contributed by atoms with Crippen LogP contribution in [0.1, 0.15) is 23.8 Å². The summed E-state index contributed by atoms with van der Waals surface area (Å²) in [6.45, 7) is 1.16. The first kappa shape index (κ1) is 23.1. The molecule has 1 atom stereocenters. The molecule has 0 aliphatic rings. The number of nitrogens with zero attached hydrogens (tertiary/aromatic N) is 1. The van der Waals surface area contributed by atoms with Gasteiger partial charge in [-0.25, -0.2) is 17.2 Å². The first-order chi connectivity index (χ1) is 13.3. The Morgan fingerprint density at radius 3 is 2.45 bits per heavy atom. The lowest BCUT2D eigenvalue weighted by Gasteiger charge is -2.19. The zero-order chi connectivity index (χ0) is 22.1. The zero-order valence-electron chi connectivity index (χ0n) is 14.9. The van der Waals surface area contributed by atoms with E-state index in [1.54, 1.807) is 0 Å². The first-order valence-corrected chi connectivity index (χ1v) is 9.84. The number of carbonyl (C=O) groups is 1. The van der Waals surface area contributed by atoms with E-state index in [-0.39, 0.29) is 5.69 Å². The van der Waals surface area contributed by atoms with Gasteiger partial charge < -0.3 is 9.88 Å². The number of nitrogens with one attached hydrogen (secondary N) is 2. The number of rotatable bonds is 6. The first-order valence-electron chi connectivity index (χ1n) is 7.98. The molecule has 0 saturated heterocycles. The SMILES string of the molecule is CC[C@H](NS(=O)(=O)c1cc(C(=O)Nc2ccc(F)c(Cl)c2F)n(C)c1)C(F)(F)F. The molecular weight excluding hydrogens is 445 g/mol. The van der Waals surface area contributed by atoms with Gasteiger partial charge in [0.15, 0.2) is 5.82 Å². The molecule has 13 heteroatoms. The number of aryl methyl sites for hydroxylation is 1. The standard InChI is InChI=1S/C16H15ClF5N3O3S/c1-3-12(16(20,21)22)24-29(27,28)8-6-11(25(2)7-8)15(26)23-10-5-4-9(18)13(17)14(10)19/h4-7,12,24H,3H2,1-2H3,(H,23,26)/t12-/m0/s1. The van der Waals surface area contributed by atoms with E-state index in [1.165, 1.54) is 11.8 Å². The lowest BCUT2D eigenvalue weighted by Crippen LogP contribution is -2.44. The summed E-state index contributed by atoms with van der Waals surface area (Å²) in [6.07, 6.45) is -4.40. The van der Waals surface area contributed by atoms with Crippen molar-refractivity contribution in [3.05, 3.63) is 46.7 Å². The molecule has 0 radical (unpaired) electrons. The van der Waals surface area contributed by atoms with E-state index in [9.17, 15) is 35.2 Å². The quantitative estimate of drug-likeness (QED) is 0.509. The molecule has 0 aliphatic heterocycles. The molecule has 1 aromatic carbocycles. The highest BCUT2D eigenvalue weighted by atomic mass is 35.5. The van der Waals surface area contributed by atoms with Crippen LogP contribution < -0.4 is 10.0 Å². The number of benzene rings is 1. The molecule has 160 valence electrons. The second-order valence-electron chi connectivity index (χ2n) is 5.97. The van der Waals surface area contributed by atoms with Gasteiger partial charge in [-0.3, -0.25) is 4.79 Å². The fourth-order valence-electron chi connectivity index (χ4n) is 2.35. The van der Waals surface area contributed by atoms with Crippen LogP contribution in [0.15, 0.2) is 29.3 Å². The average molecular weight is 460 g/mol. The Balaban J connectivity index is 2.30. The summed E-state index contributed by atoms with van der Waals surface area (Å²) in [5, 5.41) is 1.25. The Bertz CT molecular complexity index is 1040. The van der Waals surface area contributed by atoms with Crippen LogP contribution in [0, 0.1) is 11.6 Å². The van der Waals surface area contributed by atoms with Crippen molar-refractivity contribution in [2.24, 2.45) is 7.05 Å². The summed E-state index contributed by atoms with van der Waals surface area (Å²) < 4.78 is 92.7. The number of aromatic nitrogens is 1. The zero-order valence-corrected chi connectivity index (χ0v) is 16.5. The van der Waals surface area contributed by atoms with Gasteiger partial charge in [-0.15, -0.1) is 0 Å². The predicted molar refractivity (Wildman–Crippen MR) is 95.2 cm³/mol. The smallest absolute Gasteiger partial charge is 0.345 e. The van der Waals surface area contributed by atoms with E-state index < -0.39 is 61.8 Å². The fraction of sp³-hybridized carbons (Fsp3) is 0.312. The molecule has 0 unspecified atom stereocenters. The van der Waals surface area contributed by atoms with Crippen LogP contribution in [0.3, 0.4) is 0 Å². The van der Waals surface area contributed by atoms with E-state index in [1.807, 2.05) is 0 Å². The number of sulfonamides is 1. The maximum atomic E-state index is 13.9. The molecule has 1 aromatic heterocycles. The Kier molecular flexibility index (Phi) is 6.60. The van der Waals surface area contributed by atoms with Gasteiger partial charge in [0.1, 0.15) is 27.5 Å². The third-order valence-electron chi connectivity index (χ3n) is 3.91. The average Bonchev–Trinajstić information content (AvgIpc) is 3.02. The van der Waals surface area contributed by atoms with Crippen LogP contribution in [-0.4, -0.2) is 31.1 Å². The molecule has 2 rings (SSSR count). The predicted octanol–water partition coefficient (Wildman–Crippen LogP) is 3.83. The summed E-state index contributed by atoms with van der Waals surface area (Å²) in [7, 11) is -3.33. The van der Waals surface area contributed by atoms with Gasteiger partial charge in [0.05, 0.1) is 5.69 Å². The van der Waals surface area contributed by atoms with Crippen molar-refractivity contribution in [2.75, 3.05) is 5.32 Å². The van der Waals surface area contributed by atoms with E-state index in [4.69, 9.17) is 11.6 Å². The van der Waals surface area contributed by atoms with Gasteiger partial charge in [0.2, 0.25) is 10.0 Å². The van der Waals surface area contributed by atoms with Gasteiger partial charge in [0, 0.05) is 13.2 Å². The van der Waals surface area contributed by atoms with E-state index in [2.05, 4.69) is 5.32 Å². The molecule has 0 aliphatic carbocycles. The molecule has 0 saturated carbocycles. The summed E-state index contributed by atoms with van der Waals surface area (Å²) in [5.41, 5.74) is -0.765. The Morgan fingerprint density at radius 1 is 1.28 bits per heavy atom. The minimum Gasteiger partial charge on any atom is -0.345 e. The van der Waals surface area contributed by atoms with Crippen LogP contribution in [0.2, 0.25) is 5.02 Å². The van der Waals surface area contributed by atoms with Crippen LogP contribution >= 0.6 is 11.6 Å². The lowest BCUT2D eigenvalue weighted by atomic mass is 10.2. The summed E-state index contributed by atoms with van der Waals surface area (Å²) in [5.74, 6) is -3.27. The minimum absolute atomic E-state index is 0.301. The van der Waals surface area contributed by atoms with Gasteiger partial charge in [-0.2, -0.15) is 17.9 Å². The normalized spacial score (nSPS) is 13.4. The maximum absolute atomic E-state index is 13.9. The molecule has 0 fully saturated rings. The lowest BCUT2D eigenvalue weighted by molar-refractivity contribution is -0.151. The van der Waals surface area contributed by atoms with E-state index in [0.717, 1.165) is 35.9 Å². The van der Waals surface area contributed by atoms with Crippen LogP contribution in [0.25, 0.3) is 0 Å². The molecule has 0 spiro atoms. The van der Waals surface area contributed by atoms with Crippen molar-refractivity contribution < 1.29 is 35.2 Å². The third kappa shape index (κ3) is 5.06. The number of alkyl halides is 3. The summed E-state index contributed by atoms with van der Waals surface area (Å²) in [4.78, 5) is 11.7. The van der Waals surface area contributed by atoms with Gasteiger partial charge in [-0.05, 0) is 24.6 Å². The second kappa shape index (κ2) is 8.28. The number of amides is 1. The maximum Gasteiger partial charge on any atom is 0.404 e. The number of anilines is 1. The monoisotopic (exact) mass is 459 g/mol. The van der Waals surface area contributed by atoms with Crippen molar-refractivity contribution in [3.63, 3.8) is 0 Å². The molecule has 1 heterocycles. The Hall–Kier alpha value is -2.18. The summed E-state index contributed by atoms with van der Waals surface area (Å²) in [6, 6.07) is 0.240. The van der Waals surface area contributed by atoms with Crippen molar-refractivity contribution in [2.45, 2.75) is 30.5 Å². The number of hydrogen-bond acceptors (Lipinski definition) is 3. The topological polar surface area (TPSA) is 80.2 Å². The fourth-order valence-corrected chi connectivity index (χ4v) is 3.89. The van der Waals surface area contributed by atoms with Crippen molar-refractivity contribution in [1.29, 1.82) is 0 Å². The van der Waals surface area contributed by atoms with E-state index in [0.29, 0.717) is 0 Å². The van der Waals surface area contributed by atoms with Crippen molar-refractivity contribution in [3.8, 4) is 0 Å². The molecule has 0 bridgehead atoms. The number of halogens is 6. The molecule has 2 N–H and O–H groups in total. The highest BCUT2D eigenvalue weighted by Crippen LogP contribution is 2.27. The highest BCUT2D eigenvalue weighted by molar-refractivity contribution is 7.89. The minimum atomic E-state index is -4.80. The molecule has 6 nitrogen and oxygen atoms in total. The molecular formula is C16H15ClF5N3O3S. The molecule has 2 aromatic rings. The van der Waals surface area contributed by atoms with Gasteiger partial charge >= 0.3 is 6.18 Å². The van der Waals surface area contributed by atoms with E-state index >= 15 is 0 Å². The van der Waals surface area contributed by atoms with Crippen LogP contribution in [-0.2, 0) is 17.1 Å². The Labute approximate surface area is 167 Å². The largest absolute Gasteiger partial charge is 0.404 e. The third-order valence-corrected chi connectivity index (χ3v) is 5.69. The highest BCUT2D eigenvalue weighted by Gasteiger charge is 2.41. The molecule has 1 amide bonds. The van der Waals surface area contributed by atoms with Crippen LogP contribution in [0.4, 0.5) is 27.6 Å². The number of carbonyl (C=O) groups excluding carboxylic acids is 1. The summed E-state index contributed by atoms with van der Waals surface area (Å²) >= 11 is 5.42. The van der Waals surface area contributed by atoms with Gasteiger partial charge in [0.25, 0.3) is 5.91 Å².